The lowest BCUT2D eigenvalue weighted by Crippen LogP contribution is -2.51. The Morgan fingerprint density at radius 2 is 2.27 bits per heavy atom. The van der Waals surface area contributed by atoms with Crippen molar-refractivity contribution in [2.75, 3.05) is 18.0 Å². The molecule has 2 aromatic heterocycles. The Morgan fingerprint density at radius 1 is 1.38 bits per heavy atom. The van der Waals surface area contributed by atoms with Crippen LogP contribution in [-0.4, -0.2) is 55.0 Å². The molecule has 140 valence electrons. The van der Waals surface area contributed by atoms with Crippen molar-refractivity contribution in [2.45, 2.75) is 51.6 Å². The number of rotatable bonds is 4. The van der Waals surface area contributed by atoms with Crippen molar-refractivity contribution in [1.29, 1.82) is 0 Å². The van der Waals surface area contributed by atoms with E-state index in [-0.39, 0.29) is 17.4 Å². The standard InChI is InChI=1S/C17H26N8O/c1-3-25-10-7-13(20-25)15(26)18-14-6-4-5-8-17(14)9-11-24(12-17)16-19-21-22-23(16)2/h7,10,14H,3-6,8-9,11-12H2,1-2H3,(H,18,26). The molecule has 4 rings (SSSR count). The maximum Gasteiger partial charge on any atom is 0.272 e. The molecule has 1 spiro atoms. The number of aryl methyl sites for hydroxylation is 2. The second-order valence-corrected chi connectivity index (χ2v) is 7.46. The molecule has 1 aliphatic carbocycles. The molecule has 0 bridgehead atoms. The first-order chi connectivity index (χ1) is 12.6. The molecule has 9 nitrogen and oxygen atoms in total. The van der Waals surface area contributed by atoms with Crippen molar-refractivity contribution < 1.29 is 4.79 Å². The first kappa shape index (κ1) is 17.0. The number of aromatic nitrogens is 6. The lowest BCUT2D eigenvalue weighted by atomic mass is 9.69. The van der Waals surface area contributed by atoms with Gasteiger partial charge in [0.2, 0.25) is 5.95 Å². The van der Waals surface area contributed by atoms with Gasteiger partial charge in [0, 0.05) is 44.3 Å². The third kappa shape index (κ3) is 2.95. The SMILES string of the molecule is CCn1ccc(C(=O)NC2CCCCC23CCN(c2nnnn2C)C3)n1. The lowest BCUT2D eigenvalue weighted by Gasteiger charge is -2.41. The van der Waals surface area contributed by atoms with Crippen molar-refractivity contribution in [3.05, 3.63) is 18.0 Å². The molecule has 1 aliphatic heterocycles. The third-order valence-electron chi connectivity index (χ3n) is 5.93. The largest absolute Gasteiger partial charge is 0.347 e. The molecule has 2 aromatic rings. The van der Waals surface area contributed by atoms with Crippen LogP contribution >= 0.6 is 0 Å². The topological polar surface area (TPSA) is 93.8 Å². The highest BCUT2D eigenvalue weighted by atomic mass is 16.2. The molecule has 2 unspecified atom stereocenters. The van der Waals surface area contributed by atoms with Crippen LogP contribution in [0.1, 0.15) is 49.5 Å². The molecule has 2 atom stereocenters. The molecule has 1 saturated heterocycles. The summed E-state index contributed by atoms with van der Waals surface area (Å²) in [6.45, 7) is 4.58. The summed E-state index contributed by atoms with van der Waals surface area (Å²) in [5.74, 6) is 0.737. The number of carbonyl (C=O) groups excluding carboxylic acids is 1. The van der Waals surface area contributed by atoms with Crippen LogP contribution in [0.3, 0.4) is 0 Å². The van der Waals surface area contributed by atoms with Gasteiger partial charge in [-0.15, -0.1) is 0 Å². The molecule has 26 heavy (non-hydrogen) atoms. The van der Waals surface area contributed by atoms with E-state index in [0.29, 0.717) is 5.69 Å². The van der Waals surface area contributed by atoms with Crippen molar-refractivity contribution in [2.24, 2.45) is 12.5 Å². The number of nitrogens with one attached hydrogen (secondary N) is 1. The third-order valence-corrected chi connectivity index (χ3v) is 5.93. The Balaban J connectivity index is 1.50. The Labute approximate surface area is 152 Å². The molecular weight excluding hydrogens is 332 g/mol. The maximum absolute atomic E-state index is 12.7. The van der Waals surface area contributed by atoms with Gasteiger partial charge in [-0.3, -0.25) is 9.48 Å². The average Bonchev–Trinajstić information content (AvgIpc) is 3.37. The van der Waals surface area contributed by atoms with Gasteiger partial charge >= 0.3 is 0 Å². The molecule has 2 aliphatic rings. The summed E-state index contributed by atoms with van der Waals surface area (Å²) in [4.78, 5) is 15.0. The van der Waals surface area contributed by atoms with Gasteiger partial charge in [0.05, 0.1) is 0 Å². The predicted molar refractivity (Wildman–Crippen MR) is 95.7 cm³/mol. The molecule has 2 fully saturated rings. The highest BCUT2D eigenvalue weighted by molar-refractivity contribution is 5.92. The average molecular weight is 358 g/mol. The zero-order valence-corrected chi connectivity index (χ0v) is 15.4. The van der Waals surface area contributed by atoms with Gasteiger partial charge in [0.1, 0.15) is 5.69 Å². The first-order valence-electron chi connectivity index (χ1n) is 9.43. The van der Waals surface area contributed by atoms with E-state index in [1.165, 1.54) is 6.42 Å². The van der Waals surface area contributed by atoms with Gasteiger partial charge in [0.15, 0.2) is 0 Å². The molecule has 1 saturated carbocycles. The molecule has 1 N–H and O–H groups in total. The van der Waals surface area contributed by atoms with Crippen molar-refractivity contribution in [1.82, 2.24) is 35.3 Å². The molecule has 9 heteroatoms. The Morgan fingerprint density at radius 3 is 3.00 bits per heavy atom. The summed E-state index contributed by atoms with van der Waals surface area (Å²) in [6, 6.07) is 1.96. The molecule has 1 amide bonds. The molecule has 0 radical (unpaired) electrons. The van der Waals surface area contributed by atoms with Gasteiger partial charge in [-0.2, -0.15) is 5.10 Å². The van der Waals surface area contributed by atoms with Crippen LogP contribution in [0.5, 0.6) is 0 Å². The summed E-state index contributed by atoms with van der Waals surface area (Å²) in [7, 11) is 1.87. The number of nitrogens with zero attached hydrogens (tertiary/aromatic N) is 7. The van der Waals surface area contributed by atoms with Crippen LogP contribution in [-0.2, 0) is 13.6 Å². The number of carbonyl (C=O) groups is 1. The summed E-state index contributed by atoms with van der Waals surface area (Å²) in [6.07, 6.45) is 7.41. The minimum atomic E-state index is -0.0674. The van der Waals surface area contributed by atoms with E-state index >= 15 is 0 Å². The minimum Gasteiger partial charge on any atom is -0.347 e. The van der Waals surface area contributed by atoms with Gasteiger partial charge in [-0.25, -0.2) is 4.68 Å². The smallest absolute Gasteiger partial charge is 0.272 e. The van der Waals surface area contributed by atoms with Gasteiger partial charge in [0.25, 0.3) is 5.91 Å². The maximum atomic E-state index is 12.7. The Kier molecular flexibility index (Phi) is 4.37. The Hall–Kier alpha value is -2.45. The van der Waals surface area contributed by atoms with E-state index in [4.69, 9.17) is 0 Å². The highest BCUT2D eigenvalue weighted by Crippen LogP contribution is 2.44. The number of anilines is 1. The molecule has 0 aromatic carbocycles. The normalized spacial score (nSPS) is 25.8. The monoisotopic (exact) mass is 358 g/mol. The van der Waals surface area contributed by atoms with Crippen molar-refractivity contribution >= 4 is 11.9 Å². The lowest BCUT2D eigenvalue weighted by molar-refractivity contribution is 0.0827. The summed E-state index contributed by atoms with van der Waals surface area (Å²) in [5, 5.41) is 19.5. The van der Waals surface area contributed by atoms with E-state index in [9.17, 15) is 4.79 Å². The van der Waals surface area contributed by atoms with E-state index in [0.717, 1.165) is 51.3 Å². The second-order valence-electron chi connectivity index (χ2n) is 7.46. The van der Waals surface area contributed by atoms with Gasteiger partial charge in [-0.1, -0.05) is 17.9 Å². The Bertz CT molecular complexity index is 783. The number of hydrogen-bond acceptors (Lipinski definition) is 6. The first-order valence-corrected chi connectivity index (χ1v) is 9.43. The zero-order valence-electron chi connectivity index (χ0n) is 15.4. The van der Waals surface area contributed by atoms with E-state index in [1.54, 1.807) is 15.4 Å². The van der Waals surface area contributed by atoms with E-state index in [2.05, 4.69) is 30.8 Å². The highest BCUT2D eigenvalue weighted by Gasteiger charge is 2.47. The minimum absolute atomic E-state index is 0.0674. The second kappa shape index (κ2) is 6.69. The van der Waals surface area contributed by atoms with Crippen LogP contribution < -0.4 is 10.2 Å². The summed E-state index contributed by atoms with van der Waals surface area (Å²) in [5.41, 5.74) is 0.590. The fourth-order valence-electron chi connectivity index (χ4n) is 4.47. The number of hydrogen-bond donors (Lipinski definition) is 1. The fourth-order valence-corrected chi connectivity index (χ4v) is 4.47. The number of amides is 1. The number of tetrazole rings is 1. The quantitative estimate of drug-likeness (QED) is 0.876. The van der Waals surface area contributed by atoms with Crippen molar-refractivity contribution in [3.8, 4) is 0 Å². The van der Waals surface area contributed by atoms with Crippen LogP contribution in [0.2, 0.25) is 0 Å². The molecular formula is C17H26N8O. The summed E-state index contributed by atoms with van der Waals surface area (Å²) < 4.78 is 3.50. The van der Waals surface area contributed by atoms with E-state index < -0.39 is 0 Å². The van der Waals surface area contributed by atoms with Crippen LogP contribution in [0.4, 0.5) is 5.95 Å². The van der Waals surface area contributed by atoms with Crippen molar-refractivity contribution in [3.63, 3.8) is 0 Å². The molecule has 3 heterocycles. The van der Waals surface area contributed by atoms with Gasteiger partial charge < -0.3 is 10.2 Å². The van der Waals surface area contributed by atoms with Crippen LogP contribution in [0.15, 0.2) is 12.3 Å². The van der Waals surface area contributed by atoms with Gasteiger partial charge in [-0.05, 0) is 42.7 Å². The van der Waals surface area contributed by atoms with E-state index in [1.807, 2.05) is 20.2 Å². The van der Waals surface area contributed by atoms with Crippen LogP contribution in [0.25, 0.3) is 0 Å². The zero-order chi connectivity index (χ0) is 18.1. The summed E-state index contributed by atoms with van der Waals surface area (Å²) >= 11 is 0. The predicted octanol–water partition coefficient (Wildman–Crippen LogP) is 0.996. The van der Waals surface area contributed by atoms with Crippen LogP contribution in [0, 0.1) is 5.41 Å². The fraction of sp³-hybridized carbons (Fsp3) is 0.706.